The number of carbonyl (C=O) groups is 1. The van der Waals surface area contributed by atoms with Crippen LogP contribution in [0.15, 0.2) is 48.7 Å². The highest BCUT2D eigenvalue weighted by molar-refractivity contribution is 5.94. The number of esters is 1. The molecule has 0 bridgehead atoms. The number of nitrogen functional groups attached to an aromatic ring is 1. The summed E-state index contributed by atoms with van der Waals surface area (Å²) < 4.78 is 5.57. The van der Waals surface area contributed by atoms with Gasteiger partial charge >= 0.3 is 5.97 Å². The number of likely N-dealkylation sites (tertiary alicyclic amines) is 1. The Morgan fingerprint density at radius 3 is 2.61 bits per heavy atom. The quantitative estimate of drug-likeness (QED) is 0.879. The summed E-state index contributed by atoms with van der Waals surface area (Å²) in [6.07, 6.45) is 3.21. The maximum absolute atomic E-state index is 12.2. The molecule has 0 atom stereocenters. The summed E-state index contributed by atoms with van der Waals surface area (Å²) in [5.41, 5.74) is 7.37. The highest BCUT2D eigenvalue weighted by Crippen LogP contribution is 2.18. The molecule has 0 aliphatic carbocycles. The highest BCUT2D eigenvalue weighted by atomic mass is 16.5. The first-order chi connectivity index (χ1) is 11.2. The van der Waals surface area contributed by atoms with Crippen LogP contribution in [0.4, 0.5) is 5.82 Å². The van der Waals surface area contributed by atoms with Crippen LogP contribution in [0.3, 0.4) is 0 Å². The number of ether oxygens (including phenoxy) is 1. The number of rotatable bonds is 4. The lowest BCUT2D eigenvalue weighted by molar-refractivity contribution is 0.0105. The number of hydrogen-bond acceptors (Lipinski definition) is 5. The predicted octanol–water partition coefficient (Wildman–Crippen LogP) is 2.49. The Hall–Kier alpha value is -2.40. The third-order valence-corrected chi connectivity index (χ3v) is 4.12. The third-order valence-electron chi connectivity index (χ3n) is 4.12. The first-order valence-corrected chi connectivity index (χ1v) is 7.90. The molecule has 2 aromatic rings. The molecule has 0 saturated carbocycles. The Morgan fingerprint density at radius 1 is 1.17 bits per heavy atom. The third kappa shape index (κ3) is 4.07. The van der Waals surface area contributed by atoms with E-state index in [0.717, 1.165) is 32.5 Å². The number of pyridine rings is 1. The van der Waals surface area contributed by atoms with Gasteiger partial charge in [-0.3, -0.25) is 4.90 Å². The molecule has 1 aromatic carbocycles. The Kier molecular flexibility index (Phi) is 4.88. The van der Waals surface area contributed by atoms with Crippen LogP contribution in [0, 0.1) is 0 Å². The minimum absolute atomic E-state index is 0.0471. The second-order valence-corrected chi connectivity index (χ2v) is 5.80. The summed E-state index contributed by atoms with van der Waals surface area (Å²) in [6, 6.07) is 13.8. The van der Waals surface area contributed by atoms with Gasteiger partial charge in [-0.2, -0.15) is 0 Å². The Morgan fingerprint density at radius 2 is 1.91 bits per heavy atom. The molecule has 1 aliphatic heterocycles. The van der Waals surface area contributed by atoms with Gasteiger partial charge in [-0.05, 0) is 30.5 Å². The fourth-order valence-corrected chi connectivity index (χ4v) is 2.83. The normalized spacial score (nSPS) is 16.2. The molecule has 1 aromatic heterocycles. The van der Waals surface area contributed by atoms with Crippen LogP contribution in [0.25, 0.3) is 0 Å². The summed E-state index contributed by atoms with van der Waals surface area (Å²) in [5, 5.41) is 0. The number of nitrogens with zero attached hydrogens (tertiary/aromatic N) is 2. The number of carbonyl (C=O) groups excluding carboxylic acids is 1. The van der Waals surface area contributed by atoms with Gasteiger partial charge in [0.15, 0.2) is 0 Å². The van der Waals surface area contributed by atoms with Crippen LogP contribution < -0.4 is 5.73 Å². The van der Waals surface area contributed by atoms with Gasteiger partial charge in [-0.15, -0.1) is 0 Å². The van der Waals surface area contributed by atoms with E-state index in [-0.39, 0.29) is 17.9 Å². The average Bonchev–Trinajstić information content (AvgIpc) is 2.58. The van der Waals surface area contributed by atoms with Crippen molar-refractivity contribution in [2.45, 2.75) is 25.5 Å². The van der Waals surface area contributed by atoms with E-state index in [2.05, 4.69) is 34.1 Å². The summed E-state index contributed by atoms with van der Waals surface area (Å²) in [4.78, 5) is 18.5. The van der Waals surface area contributed by atoms with Crippen molar-refractivity contribution in [3.8, 4) is 0 Å². The van der Waals surface area contributed by atoms with Gasteiger partial charge in [0.2, 0.25) is 0 Å². The van der Waals surface area contributed by atoms with E-state index in [1.54, 1.807) is 18.3 Å². The molecule has 0 spiro atoms. The molecule has 2 N–H and O–H groups in total. The molecule has 2 heterocycles. The van der Waals surface area contributed by atoms with Crippen LogP contribution in [0.2, 0.25) is 0 Å². The topological polar surface area (TPSA) is 68.4 Å². The minimum atomic E-state index is -0.378. The van der Waals surface area contributed by atoms with Crippen molar-refractivity contribution in [2.24, 2.45) is 0 Å². The fraction of sp³-hybridized carbons (Fsp3) is 0.333. The maximum atomic E-state index is 12.2. The van der Waals surface area contributed by atoms with Crippen molar-refractivity contribution < 1.29 is 9.53 Å². The van der Waals surface area contributed by atoms with Gasteiger partial charge in [-0.25, -0.2) is 9.78 Å². The molecule has 5 nitrogen and oxygen atoms in total. The molecule has 120 valence electrons. The van der Waals surface area contributed by atoms with Gasteiger partial charge in [0.25, 0.3) is 0 Å². The Balaban J connectivity index is 1.49. The molecule has 3 rings (SSSR count). The van der Waals surface area contributed by atoms with Crippen LogP contribution in [-0.4, -0.2) is 35.0 Å². The van der Waals surface area contributed by atoms with Gasteiger partial charge in [0.05, 0.1) is 0 Å². The first-order valence-electron chi connectivity index (χ1n) is 7.90. The molecular weight excluding hydrogens is 290 g/mol. The zero-order chi connectivity index (χ0) is 16.1. The second-order valence-electron chi connectivity index (χ2n) is 5.80. The summed E-state index contributed by atoms with van der Waals surface area (Å²) in [5.74, 6) is -0.156. The lowest BCUT2D eigenvalue weighted by atomic mass is 10.1. The highest BCUT2D eigenvalue weighted by Gasteiger charge is 2.23. The SMILES string of the molecule is Nc1ncccc1C(=O)OC1CCN(Cc2ccccc2)CC1. The van der Waals surface area contributed by atoms with Crippen LogP contribution in [0.5, 0.6) is 0 Å². The van der Waals surface area contributed by atoms with E-state index in [4.69, 9.17) is 10.5 Å². The lowest BCUT2D eigenvalue weighted by Gasteiger charge is -2.31. The van der Waals surface area contributed by atoms with Gasteiger partial charge in [0.1, 0.15) is 17.5 Å². The monoisotopic (exact) mass is 311 g/mol. The summed E-state index contributed by atoms with van der Waals surface area (Å²) in [6.45, 7) is 2.79. The molecule has 0 radical (unpaired) electrons. The first kappa shape index (κ1) is 15.5. The average molecular weight is 311 g/mol. The Bertz CT molecular complexity index is 652. The Labute approximate surface area is 136 Å². The van der Waals surface area contributed by atoms with Crippen LogP contribution >= 0.6 is 0 Å². The van der Waals surface area contributed by atoms with Crippen molar-refractivity contribution in [1.29, 1.82) is 0 Å². The van der Waals surface area contributed by atoms with E-state index >= 15 is 0 Å². The van der Waals surface area contributed by atoms with Gasteiger partial charge in [0, 0.05) is 25.8 Å². The molecule has 23 heavy (non-hydrogen) atoms. The van der Waals surface area contributed by atoms with Crippen LogP contribution in [0.1, 0.15) is 28.8 Å². The molecule has 1 aliphatic rings. The largest absolute Gasteiger partial charge is 0.459 e. The van der Waals surface area contributed by atoms with Gasteiger partial charge < -0.3 is 10.5 Å². The van der Waals surface area contributed by atoms with E-state index < -0.39 is 0 Å². The molecule has 1 saturated heterocycles. The van der Waals surface area contributed by atoms with Crippen molar-refractivity contribution in [3.05, 3.63) is 59.8 Å². The molecule has 5 heteroatoms. The maximum Gasteiger partial charge on any atom is 0.342 e. The number of piperidine rings is 1. The molecule has 1 fully saturated rings. The van der Waals surface area contributed by atoms with E-state index in [9.17, 15) is 4.79 Å². The van der Waals surface area contributed by atoms with Crippen molar-refractivity contribution in [2.75, 3.05) is 18.8 Å². The molecular formula is C18H21N3O2. The second kappa shape index (κ2) is 7.24. The van der Waals surface area contributed by atoms with Crippen molar-refractivity contribution in [3.63, 3.8) is 0 Å². The summed E-state index contributed by atoms with van der Waals surface area (Å²) in [7, 11) is 0. The zero-order valence-corrected chi connectivity index (χ0v) is 13.0. The smallest absolute Gasteiger partial charge is 0.342 e. The van der Waals surface area contributed by atoms with Crippen LogP contribution in [-0.2, 0) is 11.3 Å². The standard InChI is InChI=1S/C18H21N3O2/c19-17-16(7-4-10-20-17)18(22)23-15-8-11-21(12-9-15)13-14-5-2-1-3-6-14/h1-7,10,15H,8-9,11-13H2,(H2,19,20). The number of aromatic nitrogens is 1. The van der Waals surface area contributed by atoms with E-state index in [0.29, 0.717) is 5.56 Å². The van der Waals surface area contributed by atoms with Crippen molar-refractivity contribution >= 4 is 11.8 Å². The predicted molar refractivity (Wildman–Crippen MR) is 88.8 cm³/mol. The van der Waals surface area contributed by atoms with E-state index in [1.807, 2.05) is 6.07 Å². The molecule has 0 unspecified atom stereocenters. The van der Waals surface area contributed by atoms with E-state index in [1.165, 1.54) is 5.56 Å². The molecule has 0 amide bonds. The lowest BCUT2D eigenvalue weighted by Crippen LogP contribution is -2.37. The van der Waals surface area contributed by atoms with Gasteiger partial charge in [-0.1, -0.05) is 30.3 Å². The zero-order valence-electron chi connectivity index (χ0n) is 13.0. The number of benzene rings is 1. The number of anilines is 1. The number of nitrogens with two attached hydrogens (primary N) is 1. The summed E-state index contributed by atoms with van der Waals surface area (Å²) >= 11 is 0. The minimum Gasteiger partial charge on any atom is -0.459 e. The van der Waals surface area contributed by atoms with Crippen molar-refractivity contribution in [1.82, 2.24) is 9.88 Å². The fourth-order valence-electron chi connectivity index (χ4n) is 2.83. The number of hydrogen-bond donors (Lipinski definition) is 1.